The highest BCUT2D eigenvalue weighted by Gasteiger charge is 1.72. The normalized spacial score (nSPS) is 12.5. The summed E-state index contributed by atoms with van der Waals surface area (Å²) in [5, 5.41) is 7.42. The molecule has 0 spiro atoms. The minimum Gasteiger partial charge on any atom is -0.158 e. The maximum absolute atomic E-state index is 5.32. The molecule has 0 unspecified atom stereocenters. The van der Waals surface area contributed by atoms with Crippen LogP contribution in [0.3, 0.4) is 0 Å². The van der Waals surface area contributed by atoms with Gasteiger partial charge in [-0.1, -0.05) is 18.2 Å². The van der Waals surface area contributed by atoms with Gasteiger partial charge in [-0.25, -0.2) is 0 Å². The van der Waals surface area contributed by atoms with Crippen LogP contribution in [0.15, 0.2) is 22.9 Å². The van der Waals surface area contributed by atoms with Gasteiger partial charge in [0.1, 0.15) is 5.17 Å². The first kappa shape index (κ1) is 7.37. The number of halogens is 1. The molecule has 0 saturated heterocycles. The van der Waals surface area contributed by atoms with Gasteiger partial charge in [-0.2, -0.15) is 5.10 Å². The summed E-state index contributed by atoms with van der Waals surface area (Å²) < 4.78 is 0. The Kier molecular flexibility index (Phi) is 4.17. The first-order chi connectivity index (χ1) is 3.77. The summed E-state index contributed by atoms with van der Waals surface area (Å²) in [6, 6.07) is 0. The second-order valence-electron chi connectivity index (χ2n) is 1.10. The van der Waals surface area contributed by atoms with Crippen LogP contribution < -0.4 is 0 Å². The quantitative estimate of drug-likeness (QED) is 0.403. The summed E-state index contributed by atoms with van der Waals surface area (Å²) in [6.45, 7) is 5.05. The van der Waals surface area contributed by atoms with E-state index >= 15 is 0 Å². The van der Waals surface area contributed by atoms with E-state index in [1.54, 1.807) is 6.92 Å². The van der Waals surface area contributed by atoms with Crippen LogP contribution in [0.25, 0.3) is 0 Å². The maximum atomic E-state index is 5.32. The Labute approximate surface area is 53.6 Å². The molecule has 0 atom stereocenters. The minimum absolute atomic E-state index is 0.420. The van der Waals surface area contributed by atoms with Crippen molar-refractivity contribution in [3.63, 3.8) is 0 Å². The highest BCUT2D eigenvalue weighted by Crippen LogP contribution is 1.82. The van der Waals surface area contributed by atoms with E-state index in [0.29, 0.717) is 5.17 Å². The van der Waals surface area contributed by atoms with Gasteiger partial charge in [-0.15, -0.1) is 5.10 Å². The van der Waals surface area contributed by atoms with E-state index < -0.39 is 0 Å². The molecule has 2 nitrogen and oxygen atoms in total. The zero-order valence-corrected chi connectivity index (χ0v) is 5.39. The highest BCUT2D eigenvalue weighted by molar-refractivity contribution is 6.64. The SMILES string of the molecule is C=C/C=N\N=C(/C)Cl. The van der Waals surface area contributed by atoms with E-state index in [2.05, 4.69) is 16.8 Å². The van der Waals surface area contributed by atoms with Crippen molar-refractivity contribution in [2.45, 2.75) is 6.92 Å². The molecule has 0 amide bonds. The van der Waals surface area contributed by atoms with Crippen molar-refractivity contribution < 1.29 is 0 Å². The second kappa shape index (κ2) is 4.53. The first-order valence-electron chi connectivity index (χ1n) is 2.11. The number of hydrogen-bond donors (Lipinski definition) is 0. The fraction of sp³-hybridized carbons (Fsp3) is 0.200. The molecule has 44 valence electrons. The smallest absolute Gasteiger partial charge is 0.125 e. The third kappa shape index (κ3) is 5.37. The number of hydrogen-bond acceptors (Lipinski definition) is 2. The Morgan fingerprint density at radius 1 is 1.75 bits per heavy atom. The minimum atomic E-state index is 0.420. The summed E-state index contributed by atoms with van der Waals surface area (Å²) >= 11 is 5.32. The zero-order valence-electron chi connectivity index (χ0n) is 4.63. The van der Waals surface area contributed by atoms with Crippen molar-refractivity contribution in [2.75, 3.05) is 0 Å². The lowest BCUT2D eigenvalue weighted by Gasteiger charge is -1.75. The monoisotopic (exact) mass is 130 g/mol. The standard InChI is InChI=1S/C5H7ClN2/c1-3-4-7-8-5(2)6/h3-4H,1H2,2H3/b7-4-,8-5+. The largest absolute Gasteiger partial charge is 0.158 e. The Morgan fingerprint density at radius 3 is 2.75 bits per heavy atom. The Balaban J connectivity index is 3.57. The maximum Gasteiger partial charge on any atom is 0.125 e. The fourth-order valence-corrected chi connectivity index (χ4v) is 0.204. The summed E-state index contributed by atoms with van der Waals surface area (Å²) in [5.74, 6) is 0. The van der Waals surface area contributed by atoms with Crippen LogP contribution in [0.5, 0.6) is 0 Å². The molecule has 0 aromatic heterocycles. The summed E-state index contributed by atoms with van der Waals surface area (Å²) in [4.78, 5) is 0. The molecule has 0 aliphatic rings. The van der Waals surface area contributed by atoms with E-state index in [1.165, 1.54) is 12.3 Å². The van der Waals surface area contributed by atoms with Crippen LogP contribution in [0, 0.1) is 0 Å². The second-order valence-corrected chi connectivity index (χ2v) is 1.64. The number of nitrogens with zero attached hydrogens (tertiary/aromatic N) is 2. The Hall–Kier alpha value is -0.630. The van der Waals surface area contributed by atoms with Crippen LogP contribution in [-0.2, 0) is 0 Å². The van der Waals surface area contributed by atoms with E-state index in [0.717, 1.165) is 0 Å². The van der Waals surface area contributed by atoms with Crippen molar-refractivity contribution in [3.8, 4) is 0 Å². The molecule has 0 aliphatic carbocycles. The molecule has 3 heteroatoms. The average Bonchev–Trinajstić information content (AvgIpc) is 1.66. The zero-order chi connectivity index (χ0) is 6.41. The summed E-state index contributed by atoms with van der Waals surface area (Å²) in [5.41, 5.74) is 0. The van der Waals surface area contributed by atoms with Crippen LogP contribution in [0.4, 0.5) is 0 Å². The van der Waals surface area contributed by atoms with Gasteiger partial charge in [-0.05, 0) is 13.0 Å². The van der Waals surface area contributed by atoms with Crippen molar-refractivity contribution in [3.05, 3.63) is 12.7 Å². The predicted molar refractivity (Wildman–Crippen MR) is 37.7 cm³/mol. The molecule has 0 rings (SSSR count). The molecule has 0 N–H and O–H groups in total. The average molecular weight is 131 g/mol. The van der Waals surface area contributed by atoms with Crippen molar-refractivity contribution in [1.82, 2.24) is 0 Å². The van der Waals surface area contributed by atoms with Crippen LogP contribution in [0.2, 0.25) is 0 Å². The van der Waals surface area contributed by atoms with Crippen molar-refractivity contribution >= 4 is 23.0 Å². The third-order valence-corrected chi connectivity index (χ3v) is 0.443. The third-order valence-electron chi connectivity index (χ3n) is 0.368. The van der Waals surface area contributed by atoms with E-state index in [4.69, 9.17) is 11.6 Å². The van der Waals surface area contributed by atoms with Crippen LogP contribution in [-0.4, -0.2) is 11.4 Å². The predicted octanol–water partition coefficient (Wildman–Crippen LogP) is 1.82. The first-order valence-corrected chi connectivity index (χ1v) is 2.49. The molecule has 0 aromatic rings. The van der Waals surface area contributed by atoms with Crippen LogP contribution in [0.1, 0.15) is 6.92 Å². The number of allylic oxidation sites excluding steroid dienone is 1. The summed E-state index contributed by atoms with van der Waals surface area (Å²) in [7, 11) is 0. The van der Waals surface area contributed by atoms with Gasteiger partial charge in [0.05, 0.1) is 0 Å². The van der Waals surface area contributed by atoms with Gasteiger partial charge in [-0.3, -0.25) is 0 Å². The van der Waals surface area contributed by atoms with E-state index in [-0.39, 0.29) is 0 Å². The van der Waals surface area contributed by atoms with Gasteiger partial charge in [0.2, 0.25) is 0 Å². The molecule has 0 aliphatic heterocycles. The Morgan fingerprint density at radius 2 is 2.38 bits per heavy atom. The molecule has 0 aromatic carbocycles. The molecule has 0 heterocycles. The lowest BCUT2D eigenvalue weighted by atomic mass is 10.7. The summed E-state index contributed by atoms with van der Waals surface area (Å²) in [6.07, 6.45) is 3.00. The van der Waals surface area contributed by atoms with Gasteiger partial charge in [0.25, 0.3) is 0 Å². The van der Waals surface area contributed by atoms with Gasteiger partial charge in [0, 0.05) is 6.21 Å². The molecule has 0 radical (unpaired) electrons. The van der Waals surface area contributed by atoms with Gasteiger partial charge in [0.15, 0.2) is 0 Å². The number of rotatable bonds is 2. The molecule has 8 heavy (non-hydrogen) atoms. The molecular weight excluding hydrogens is 124 g/mol. The lowest BCUT2D eigenvalue weighted by molar-refractivity contribution is 1.26. The lowest BCUT2D eigenvalue weighted by Crippen LogP contribution is -1.70. The van der Waals surface area contributed by atoms with Crippen LogP contribution >= 0.6 is 11.6 Å². The molecule has 0 bridgehead atoms. The molecule has 0 saturated carbocycles. The topological polar surface area (TPSA) is 24.7 Å². The fourth-order valence-electron chi connectivity index (χ4n) is 0.160. The molecular formula is C5H7ClN2. The van der Waals surface area contributed by atoms with E-state index in [1.807, 2.05) is 0 Å². The Bertz CT molecular complexity index is 122. The molecule has 0 fully saturated rings. The van der Waals surface area contributed by atoms with Crippen molar-refractivity contribution in [1.29, 1.82) is 0 Å². The van der Waals surface area contributed by atoms with E-state index in [9.17, 15) is 0 Å². The van der Waals surface area contributed by atoms with Crippen molar-refractivity contribution in [2.24, 2.45) is 10.2 Å². The van der Waals surface area contributed by atoms with Gasteiger partial charge >= 0.3 is 0 Å². The highest BCUT2D eigenvalue weighted by atomic mass is 35.5. The van der Waals surface area contributed by atoms with Gasteiger partial charge < -0.3 is 0 Å².